The predicted octanol–water partition coefficient (Wildman–Crippen LogP) is 5.58. The van der Waals surface area contributed by atoms with Gasteiger partial charge in [-0.05, 0) is 49.7 Å². The number of alkyl halides is 2. The number of ether oxygens (including phenoxy) is 1. The Morgan fingerprint density at radius 1 is 1.04 bits per heavy atom. The zero-order chi connectivity index (χ0) is 17.4. The molecule has 5 heteroatoms. The van der Waals surface area contributed by atoms with Crippen LogP contribution in [0.25, 0.3) is 0 Å². The van der Waals surface area contributed by atoms with E-state index in [9.17, 15) is 17.6 Å². The lowest BCUT2D eigenvalue weighted by Crippen LogP contribution is -2.26. The second kappa shape index (κ2) is 6.93. The van der Waals surface area contributed by atoms with Crippen LogP contribution in [-0.2, 0) is 0 Å². The molecule has 1 aromatic rings. The van der Waals surface area contributed by atoms with Crippen molar-refractivity contribution in [1.29, 1.82) is 0 Å². The van der Waals surface area contributed by atoms with E-state index >= 15 is 0 Å². The molecule has 0 N–H and O–H groups in total. The highest BCUT2D eigenvalue weighted by atomic mass is 19.2. The number of hydrogen-bond donors (Lipinski definition) is 0. The second-order valence-corrected chi connectivity index (χ2v) is 7.07. The molecule has 3 rings (SSSR count). The maximum absolute atomic E-state index is 14.9. The summed E-state index contributed by atoms with van der Waals surface area (Å²) in [6.07, 6.45) is 0.0414. The SMILES string of the molecule is CCCC1CC2CC(c3ccc(OCC)c(F)c3F)C(F)C2C1F. The van der Waals surface area contributed by atoms with Crippen LogP contribution in [-0.4, -0.2) is 19.0 Å². The first-order valence-corrected chi connectivity index (χ1v) is 8.88. The van der Waals surface area contributed by atoms with Crippen molar-refractivity contribution in [3.05, 3.63) is 29.3 Å². The molecule has 1 nitrogen and oxygen atoms in total. The molecular weight excluding hydrogens is 320 g/mol. The zero-order valence-electron chi connectivity index (χ0n) is 14.1. The number of rotatable bonds is 5. The van der Waals surface area contributed by atoms with E-state index in [0.29, 0.717) is 12.8 Å². The third-order valence-corrected chi connectivity index (χ3v) is 5.71. The van der Waals surface area contributed by atoms with Crippen molar-refractivity contribution in [1.82, 2.24) is 0 Å². The molecule has 2 aliphatic rings. The summed E-state index contributed by atoms with van der Waals surface area (Å²) in [6.45, 7) is 3.89. The van der Waals surface area contributed by atoms with Gasteiger partial charge in [-0.25, -0.2) is 13.2 Å². The summed E-state index contributed by atoms with van der Waals surface area (Å²) >= 11 is 0. The highest BCUT2D eigenvalue weighted by Crippen LogP contribution is 2.56. The Kier molecular flexibility index (Phi) is 5.07. The average molecular weight is 344 g/mol. The van der Waals surface area contributed by atoms with Crippen LogP contribution in [0.5, 0.6) is 5.75 Å². The smallest absolute Gasteiger partial charge is 0.200 e. The van der Waals surface area contributed by atoms with Crippen molar-refractivity contribution in [2.45, 2.75) is 57.8 Å². The summed E-state index contributed by atoms with van der Waals surface area (Å²) in [5, 5.41) is 0. The first-order valence-electron chi connectivity index (χ1n) is 8.88. The fraction of sp³-hybridized carbons (Fsp3) is 0.684. The van der Waals surface area contributed by atoms with E-state index in [0.717, 1.165) is 12.8 Å². The van der Waals surface area contributed by atoms with Gasteiger partial charge in [0, 0.05) is 11.8 Å². The van der Waals surface area contributed by atoms with Crippen molar-refractivity contribution < 1.29 is 22.3 Å². The fourth-order valence-corrected chi connectivity index (χ4v) is 4.71. The molecule has 134 valence electrons. The van der Waals surface area contributed by atoms with Gasteiger partial charge in [0.15, 0.2) is 11.6 Å². The van der Waals surface area contributed by atoms with Gasteiger partial charge in [0.25, 0.3) is 0 Å². The van der Waals surface area contributed by atoms with Crippen LogP contribution in [0, 0.1) is 29.4 Å². The van der Waals surface area contributed by atoms with E-state index in [1.807, 2.05) is 6.92 Å². The summed E-state index contributed by atoms with van der Waals surface area (Å²) in [5.74, 6) is -3.93. The first kappa shape index (κ1) is 17.6. The highest BCUT2D eigenvalue weighted by Gasteiger charge is 2.55. The molecule has 0 aromatic heterocycles. The molecule has 2 aliphatic carbocycles. The average Bonchev–Trinajstić information content (AvgIpc) is 3.03. The minimum absolute atomic E-state index is 0.0112. The molecule has 0 saturated heterocycles. The molecule has 2 fully saturated rings. The highest BCUT2D eigenvalue weighted by molar-refractivity contribution is 5.35. The van der Waals surface area contributed by atoms with Crippen molar-refractivity contribution in [3.8, 4) is 5.75 Å². The molecular formula is C19H24F4O. The van der Waals surface area contributed by atoms with Gasteiger partial charge in [-0.15, -0.1) is 0 Å². The minimum Gasteiger partial charge on any atom is -0.491 e. The lowest BCUT2D eigenvalue weighted by molar-refractivity contribution is 0.124. The molecule has 0 radical (unpaired) electrons. The third kappa shape index (κ3) is 2.80. The first-order chi connectivity index (χ1) is 11.5. The Morgan fingerprint density at radius 3 is 2.42 bits per heavy atom. The van der Waals surface area contributed by atoms with E-state index in [4.69, 9.17) is 4.74 Å². The Labute approximate surface area is 140 Å². The molecule has 0 heterocycles. The molecule has 6 unspecified atom stereocenters. The van der Waals surface area contributed by atoms with Crippen LogP contribution in [0.4, 0.5) is 17.6 Å². The molecule has 0 bridgehead atoms. The van der Waals surface area contributed by atoms with Crippen LogP contribution >= 0.6 is 0 Å². The van der Waals surface area contributed by atoms with Gasteiger partial charge in [0.2, 0.25) is 5.82 Å². The van der Waals surface area contributed by atoms with Gasteiger partial charge in [-0.3, -0.25) is 0 Å². The molecule has 0 aliphatic heterocycles. The number of hydrogen-bond acceptors (Lipinski definition) is 1. The largest absolute Gasteiger partial charge is 0.491 e. The standard InChI is InChI=1S/C19H24F4O/c1-3-5-10-8-11-9-13(17(21)15(11)16(10)20)12-6-7-14(24-4-2)19(23)18(12)22/h6-7,10-11,13,15-17H,3-5,8-9H2,1-2H3. The molecule has 0 spiro atoms. The number of fused-ring (bicyclic) bond motifs is 1. The van der Waals surface area contributed by atoms with Crippen LogP contribution in [0.1, 0.15) is 51.0 Å². The topological polar surface area (TPSA) is 9.23 Å². The van der Waals surface area contributed by atoms with Gasteiger partial charge in [-0.1, -0.05) is 19.4 Å². The van der Waals surface area contributed by atoms with E-state index in [1.165, 1.54) is 12.1 Å². The van der Waals surface area contributed by atoms with Gasteiger partial charge < -0.3 is 4.74 Å². The van der Waals surface area contributed by atoms with Gasteiger partial charge >= 0.3 is 0 Å². The Hall–Kier alpha value is -1.26. The third-order valence-electron chi connectivity index (χ3n) is 5.71. The second-order valence-electron chi connectivity index (χ2n) is 7.07. The lowest BCUT2D eigenvalue weighted by Gasteiger charge is -2.22. The van der Waals surface area contributed by atoms with Gasteiger partial charge in [-0.2, -0.15) is 4.39 Å². The summed E-state index contributed by atoms with van der Waals surface area (Å²) < 4.78 is 62.9. The van der Waals surface area contributed by atoms with Crippen molar-refractivity contribution in [2.24, 2.45) is 17.8 Å². The summed E-state index contributed by atoms with van der Waals surface area (Å²) in [7, 11) is 0. The predicted molar refractivity (Wildman–Crippen MR) is 84.7 cm³/mol. The Bertz CT molecular complexity index is 591. The van der Waals surface area contributed by atoms with Crippen LogP contribution in [0.2, 0.25) is 0 Å². The lowest BCUT2D eigenvalue weighted by atomic mass is 9.88. The number of halogens is 4. The Morgan fingerprint density at radius 2 is 1.79 bits per heavy atom. The van der Waals surface area contributed by atoms with Gasteiger partial charge in [0.05, 0.1) is 6.61 Å². The molecule has 6 atom stereocenters. The monoisotopic (exact) mass is 344 g/mol. The normalized spacial score (nSPS) is 35.2. The zero-order valence-corrected chi connectivity index (χ0v) is 14.1. The molecule has 24 heavy (non-hydrogen) atoms. The number of benzene rings is 1. The van der Waals surface area contributed by atoms with Crippen molar-refractivity contribution in [3.63, 3.8) is 0 Å². The van der Waals surface area contributed by atoms with Crippen LogP contribution < -0.4 is 4.74 Å². The van der Waals surface area contributed by atoms with Gasteiger partial charge in [0.1, 0.15) is 12.3 Å². The Balaban J connectivity index is 1.82. The van der Waals surface area contributed by atoms with Crippen molar-refractivity contribution >= 4 is 0 Å². The van der Waals surface area contributed by atoms with Crippen LogP contribution in [0.3, 0.4) is 0 Å². The van der Waals surface area contributed by atoms with E-state index in [2.05, 4.69) is 0 Å². The van der Waals surface area contributed by atoms with E-state index in [1.54, 1.807) is 6.92 Å². The van der Waals surface area contributed by atoms with Crippen molar-refractivity contribution in [2.75, 3.05) is 6.61 Å². The quantitative estimate of drug-likeness (QED) is 0.634. The van der Waals surface area contributed by atoms with E-state index in [-0.39, 0.29) is 29.8 Å². The molecule has 1 aromatic carbocycles. The molecule has 2 saturated carbocycles. The summed E-state index contributed by atoms with van der Waals surface area (Å²) in [4.78, 5) is 0. The summed E-state index contributed by atoms with van der Waals surface area (Å²) in [5.41, 5.74) is 0.0112. The molecule has 0 amide bonds. The minimum atomic E-state index is -1.46. The maximum atomic E-state index is 14.9. The fourth-order valence-electron chi connectivity index (χ4n) is 4.71. The van der Waals surface area contributed by atoms with Crippen LogP contribution in [0.15, 0.2) is 12.1 Å². The summed E-state index contributed by atoms with van der Waals surface area (Å²) in [6, 6.07) is 2.73. The maximum Gasteiger partial charge on any atom is 0.200 e. The van der Waals surface area contributed by atoms with E-state index < -0.39 is 35.8 Å².